The van der Waals surface area contributed by atoms with E-state index in [2.05, 4.69) is 22.6 Å². The Bertz CT molecular complexity index is 1130. The zero-order chi connectivity index (χ0) is 20.0. The molecule has 2 atom stereocenters. The minimum atomic E-state index is -0.748. The number of nitrogens with zero attached hydrogens (tertiary/aromatic N) is 3. The summed E-state index contributed by atoms with van der Waals surface area (Å²) in [5, 5.41) is 11.9. The maximum Gasteiger partial charge on any atom is 0.279 e. The normalized spacial score (nSPS) is 17.4. The first-order valence-electron chi connectivity index (χ1n) is 9.63. The van der Waals surface area contributed by atoms with E-state index in [0.29, 0.717) is 16.1 Å². The van der Waals surface area contributed by atoms with Crippen LogP contribution in [0.3, 0.4) is 0 Å². The van der Waals surface area contributed by atoms with Crippen LogP contribution in [0.2, 0.25) is 0 Å². The van der Waals surface area contributed by atoms with Crippen molar-refractivity contribution in [1.29, 1.82) is 0 Å². The number of hydrogen-bond donors (Lipinski definition) is 1. The van der Waals surface area contributed by atoms with E-state index in [1.807, 2.05) is 32.0 Å². The highest BCUT2D eigenvalue weighted by molar-refractivity contribution is 7.18. The lowest BCUT2D eigenvalue weighted by Crippen LogP contribution is -2.34. The van der Waals surface area contributed by atoms with Crippen LogP contribution in [0.4, 0.5) is 5.69 Å². The van der Waals surface area contributed by atoms with Gasteiger partial charge in [-0.3, -0.25) is 9.59 Å². The SMILES string of the molecule is Cc1cccc(NC(=O)[C@H](C)n2nnc3sc4c(c3c2=O)CC[C@@H](C)C4)c1C. The number of carbonyl (C=O) groups is 1. The summed E-state index contributed by atoms with van der Waals surface area (Å²) in [6.45, 7) is 7.88. The smallest absolute Gasteiger partial charge is 0.279 e. The third kappa shape index (κ3) is 3.13. The monoisotopic (exact) mass is 396 g/mol. The number of rotatable bonds is 3. The van der Waals surface area contributed by atoms with Gasteiger partial charge in [0.25, 0.3) is 5.56 Å². The van der Waals surface area contributed by atoms with Crippen LogP contribution in [0.25, 0.3) is 10.2 Å². The highest BCUT2D eigenvalue weighted by Gasteiger charge is 2.26. The first-order chi connectivity index (χ1) is 13.4. The minimum absolute atomic E-state index is 0.222. The summed E-state index contributed by atoms with van der Waals surface area (Å²) in [6, 6.07) is 5.02. The number of amides is 1. The molecule has 0 fully saturated rings. The maximum atomic E-state index is 13.1. The minimum Gasteiger partial charge on any atom is -0.324 e. The molecule has 0 aliphatic heterocycles. The van der Waals surface area contributed by atoms with Crippen LogP contribution in [-0.4, -0.2) is 20.9 Å². The number of thiophene rings is 1. The number of anilines is 1. The Morgan fingerprint density at radius 3 is 2.93 bits per heavy atom. The standard InChI is InChI=1S/C21H24N4O2S/c1-11-8-9-15-17(10-11)28-20-18(15)21(27)25(24-23-20)14(4)19(26)22-16-7-5-6-12(2)13(16)3/h5-7,11,14H,8-10H2,1-4H3,(H,22,26)/t11-,14+/m1/s1. The number of fused-ring (bicyclic) bond motifs is 3. The zero-order valence-corrected chi connectivity index (χ0v) is 17.4. The molecule has 146 valence electrons. The summed E-state index contributed by atoms with van der Waals surface area (Å²) >= 11 is 1.57. The summed E-state index contributed by atoms with van der Waals surface area (Å²) in [6.07, 6.45) is 2.95. The molecule has 0 saturated carbocycles. The van der Waals surface area contributed by atoms with Crippen molar-refractivity contribution in [2.45, 2.75) is 53.0 Å². The van der Waals surface area contributed by atoms with Gasteiger partial charge in [0, 0.05) is 10.6 Å². The van der Waals surface area contributed by atoms with Crippen molar-refractivity contribution in [3.8, 4) is 0 Å². The summed E-state index contributed by atoms with van der Waals surface area (Å²) < 4.78 is 1.22. The Hall–Kier alpha value is -2.54. The molecule has 0 saturated heterocycles. The molecule has 1 N–H and O–H groups in total. The predicted molar refractivity (Wildman–Crippen MR) is 112 cm³/mol. The van der Waals surface area contributed by atoms with Crippen molar-refractivity contribution in [1.82, 2.24) is 15.0 Å². The number of aryl methyl sites for hydroxylation is 2. The average Bonchev–Trinajstić information content (AvgIpc) is 3.03. The largest absolute Gasteiger partial charge is 0.324 e. The van der Waals surface area contributed by atoms with Crippen molar-refractivity contribution in [3.05, 3.63) is 50.1 Å². The molecule has 0 bridgehead atoms. The van der Waals surface area contributed by atoms with E-state index in [9.17, 15) is 9.59 Å². The molecular weight excluding hydrogens is 372 g/mol. The Morgan fingerprint density at radius 1 is 1.36 bits per heavy atom. The van der Waals surface area contributed by atoms with Crippen molar-refractivity contribution in [3.63, 3.8) is 0 Å². The molecule has 1 aromatic carbocycles. The first kappa shape index (κ1) is 18.8. The van der Waals surface area contributed by atoms with Crippen LogP contribution in [0.5, 0.6) is 0 Å². The second-order valence-electron chi connectivity index (χ2n) is 7.78. The molecule has 28 heavy (non-hydrogen) atoms. The van der Waals surface area contributed by atoms with Gasteiger partial charge < -0.3 is 5.32 Å². The number of hydrogen-bond acceptors (Lipinski definition) is 5. The molecule has 1 amide bonds. The van der Waals surface area contributed by atoms with Crippen LogP contribution in [-0.2, 0) is 17.6 Å². The Morgan fingerprint density at radius 2 is 2.14 bits per heavy atom. The summed E-state index contributed by atoms with van der Waals surface area (Å²) in [4.78, 5) is 27.9. The van der Waals surface area contributed by atoms with Crippen LogP contribution in [0.1, 0.15) is 47.9 Å². The molecular formula is C21H24N4O2S. The molecule has 6 nitrogen and oxygen atoms in total. The van der Waals surface area contributed by atoms with Gasteiger partial charge in [-0.15, -0.1) is 16.4 Å². The van der Waals surface area contributed by atoms with E-state index in [1.54, 1.807) is 18.3 Å². The lowest BCUT2D eigenvalue weighted by Gasteiger charge is -2.18. The Labute approximate surface area is 167 Å². The summed E-state index contributed by atoms with van der Waals surface area (Å²) in [5.41, 5.74) is 3.75. The van der Waals surface area contributed by atoms with E-state index < -0.39 is 6.04 Å². The molecule has 0 radical (unpaired) electrons. The van der Waals surface area contributed by atoms with Gasteiger partial charge in [0.2, 0.25) is 5.91 Å². The van der Waals surface area contributed by atoms with Gasteiger partial charge >= 0.3 is 0 Å². The fourth-order valence-electron chi connectivity index (χ4n) is 3.76. The van der Waals surface area contributed by atoms with E-state index in [4.69, 9.17) is 0 Å². The number of benzene rings is 1. The molecule has 1 aliphatic carbocycles. The average molecular weight is 397 g/mol. The van der Waals surface area contributed by atoms with Crippen LogP contribution in [0.15, 0.2) is 23.0 Å². The second-order valence-corrected chi connectivity index (χ2v) is 8.87. The molecule has 0 spiro atoms. The molecule has 3 aromatic rings. The topological polar surface area (TPSA) is 76.9 Å². The van der Waals surface area contributed by atoms with E-state index in [-0.39, 0.29) is 11.5 Å². The van der Waals surface area contributed by atoms with Crippen LogP contribution < -0.4 is 10.9 Å². The van der Waals surface area contributed by atoms with Crippen LogP contribution in [0, 0.1) is 19.8 Å². The zero-order valence-electron chi connectivity index (χ0n) is 16.6. The van der Waals surface area contributed by atoms with Gasteiger partial charge in [-0.25, -0.2) is 0 Å². The highest BCUT2D eigenvalue weighted by atomic mass is 32.1. The van der Waals surface area contributed by atoms with Gasteiger partial charge in [0.05, 0.1) is 5.39 Å². The fourth-order valence-corrected chi connectivity index (χ4v) is 5.08. The van der Waals surface area contributed by atoms with E-state index in [1.165, 1.54) is 9.56 Å². The molecule has 2 heterocycles. The molecule has 0 unspecified atom stereocenters. The second kappa shape index (κ2) is 7.13. The third-order valence-electron chi connectivity index (χ3n) is 5.76. The van der Waals surface area contributed by atoms with Crippen molar-refractivity contribution in [2.75, 3.05) is 5.32 Å². The van der Waals surface area contributed by atoms with Gasteiger partial charge in [-0.05, 0) is 68.7 Å². The molecule has 7 heteroatoms. The maximum absolute atomic E-state index is 13.1. The number of carbonyl (C=O) groups excluding carboxylic acids is 1. The molecule has 1 aliphatic rings. The lowest BCUT2D eigenvalue weighted by atomic mass is 9.89. The van der Waals surface area contributed by atoms with Crippen molar-refractivity contribution >= 4 is 33.1 Å². The molecule has 2 aromatic heterocycles. The van der Waals surface area contributed by atoms with Gasteiger partial charge in [0.15, 0.2) is 4.83 Å². The highest BCUT2D eigenvalue weighted by Crippen LogP contribution is 2.35. The van der Waals surface area contributed by atoms with Crippen molar-refractivity contribution < 1.29 is 4.79 Å². The van der Waals surface area contributed by atoms with E-state index in [0.717, 1.165) is 41.6 Å². The number of nitrogens with one attached hydrogen (secondary N) is 1. The van der Waals surface area contributed by atoms with Gasteiger partial charge in [-0.1, -0.05) is 24.3 Å². The fraction of sp³-hybridized carbons (Fsp3) is 0.429. The predicted octanol–water partition coefficient (Wildman–Crippen LogP) is 3.79. The summed E-state index contributed by atoms with van der Waals surface area (Å²) in [5.74, 6) is 0.347. The van der Waals surface area contributed by atoms with Gasteiger partial charge in [-0.2, -0.15) is 4.68 Å². The van der Waals surface area contributed by atoms with Crippen molar-refractivity contribution in [2.24, 2.45) is 5.92 Å². The molecule has 4 rings (SSSR count). The Balaban J connectivity index is 1.68. The van der Waals surface area contributed by atoms with Crippen LogP contribution >= 0.6 is 11.3 Å². The Kier molecular flexibility index (Phi) is 4.79. The van der Waals surface area contributed by atoms with E-state index >= 15 is 0 Å². The summed E-state index contributed by atoms with van der Waals surface area (Å²) in [7, 11) is 0. The third-order valence-corrected chi connectivity index (χ3v) is 6.89. The number of aromatic nitrogens is 3. The quantitative estimate of drug-likeness (QED) is 0.731. The first-order valence-corrected chi connectivity index (χ1v) is 10.4. The van der Waals surface area contributed by atoms with Gasteiger partial charge in [0.1, 0.15) is 6.04 Å². The lowest BCUT2D eigenvalue weighted by molar-refractivity contribution is -0.119.